The maximum Gasteiger partial charge on any atom is 0.295 e. The van der Waals surface area contributed by atoms with Crippen molar-refractivity contribution in [2.75, 3.05) is 46.5 Å². The molecule has 1 unspecified atom stereocenters. The monoisotopic (exact) mass is 423 g/mol. The lowest BCUT2D eigenvalue weighted by Gasteiger charge is -2.30. The van der Waals surface area contributed by atoms with Crippen LogP contribution in [-0.4, -0.2) is 78.1 Å². The fourth-order valence-corrected chi connectivity index (χ4v) is 3.97. The van der Waals surface area contributed by atoms with E-state index in [0.29, 0.717) is 43.2 Å². The summed E-state index contributed by atoms with van der Waals surface area (Å²) in [6, 6.07) is 9.59. The first kappa shape index (κ1) is 21.0. The number of nitrogens with zero attached hydrogens (tertiary/aromatic N) is 3. The largest absolute Gasteiger partial charge is 0.507 e. The number of pyridine rings is 1. The van der Waals surface area contributed by atoms with Gasteiger partial charge in [0.25, 0.3) is 11.7 Å². The van der Waals surface area contributed by atoms with Gasteiger partial charge in [-0.25, -0.2) is 0 Å². The molecule has 1 aromatic heterocycles. The Morgan fingerprint density at radius 3 is 2.55 bits per heavy atom. The lowest BCUT2D eigenvalue weighted by molar-refractivity contribution is -0.140. The van der Waals surface area contributed by atoms with Crippen LogP contribution in [0.2, 0.25) is 0 Å². The van der Waals surface area contributed by atoms with Gasteiger partial charge in [-0.15, -0.1) is 0 Å². The van der Waals surface area contributed by atoms with Crippen LogP contribution in [0.5, 0.6) is 5.75 Å². The first-order valence-corrected chi connectivity index (χ1v) is 10.2. The minimum Gasteiger partial charge on any atom is -0.507 e. The lowest BCUT2D eigenvalue weighted by atomic mass is 9.96. The third-order valence-corrected chi connectivity index (χ3v) is 5.66. The molecule has 2 fully saturated rings. The number of rotatable bonds is 6. The number of ether oxygens (including phenoxy) is 2. The van der Waals surface area contributed by atoms with Gasteiger partial charge in [0.1, 0.15) is 11.5 Å². The van der Waals surface area contributed by atoms with Crippen LogP contribution >= 0.6 is 0 Å². The van der Waals surface area contributed by atoms with Crippen LogP contribution < -0.4 is 4.74 Å². The van der Waals surface area contributed by atoms with Gasteiger partial charge in [-0.3, -0.25) is 19.5 Å². The summed E-state index contributed by atoms with van der Waals surface area (Å²) < 4.78 is 10.5. The SMILES string of the molecule is COc1ccc(/C(O)=C2/C(=O)C(=O)N(CCN3CCOCC3)C2c2cccnc2)cc1. The average Bonchev–Trinajstić information content (AvgIpc) is 3.08. The minimum absolute atomic E-state index is 0.0742. The number of likely N-dealkylation sites (tertiary alicyclic amines) is 1. The molecule has 1 atom stereocenters. The second-order valence-electron chi connectivity index (χ2n) is 7.46. The highest BCUT2D eigenvalue weighted by atomic mass is 16.5. The molecule has 0 aliphatic carbocycles. The molecule has 8 heteroatoms. The van der Waals surface area contributed by atoms with Crippen LogP contribution in [0, 0.1) is 0 Å². The Bertz CT molecular complexity index is 968. The Morgan fingerprint density at radius 2 is 1.90 bits per heavy atom. The number of benzene rings is 1. The fourth-order valence-electron chi connectivity index (χ4n) is 3.97. The number of hydrogen-bond donors (Lipinski definition) is 1. The number of methoxy groups -OCH3 is 1. The molecule has 2 aromatic rings. The number of Topliss-reactive ketones (excluding diaryl/α,β-unsaturated/α-hetero) is 1. The van der Waals surface area contributed by atoms with E-state index in [4.69, 9.17) is 9.47 Å². The second-order valence-corrected chi connectivity index (χ2v) is 7.46. The molecule has 1 amide bonds. The molecule has 4 rings (SSSR count). The number of hydrogen-bond acceptors (Lipinski definition) is 7. The Kier molecular flexibility index (Phi) is 6.29. The van der Waals surface area contributed by atoms with E-state index in [1.807, 2.05) is 6.07 Å². The summed E-state index contributed by atoms with van der Waals surface area (Å²) in [6.45, 7) is 3.87. The van der Waals surface area contributed by atoms with Crippen LogP contribution in [0.3, 0.4) is 0 Å². The van der Waals surface area contributed by atoms with Crippen molar-refractivity contribution in [2.45, 2.75) is 6.04 Å². The molecule has 31 heavy (non-hydrogen) atoms. The molecule has 8 nitrogen and oxygen atoms in total. The number of aromatic nitrogens is 1. The van der Waals surface area contributed by atoms with Gasteiger partial charge in [-0.2, -0.15) is 0 Å². The smallest absolute Gasteiger partial charge is 0.295 e. The highest BCUT2D eigenvalue weighted by Crippen LogP contribution is 2.39. The number of carbonyl (C=O) groups excluding carboxylic acids is 2. The Balaban J connectivity index is 1.70. The maximum absolute atomic E-state index is 13.0. The maximum atomic E-state index is 13.0. The van der Waals surface area contributed by atoms with Gasteiger partial charge in [0.2, 0.25) is 0 Å². The topological polar surface area (TPSA) is 92.2 Å². The molecule has 2 aliphatic rings. The van der Waals surface area contributed by atoms with Gasteiger partial charge in [0, 0.05) is 44.1 Å². The standard InChI is InChI=1S/C23H25N3O5/c1-30-18-6-4-16(5-7-18)21(27)19-20(17-3-2-8-24-15-17)26(23(29)22(19)28)10-9-25-11-13-31-14-12-25/h2-8,15,20,27H,9-14H2,1H3/b21-19-. The lowest BCUT2D eigenvalue weighted by Crippen LogP contribution is -2.42. The first-order valence-electron chi connectivity index (χ1n) is 10.2. The van der Waals surface area contributed by atoms with Crippen molar-refractivity contribution in [1.29, 1.82) is 0 Å². The van der Waals surface area contributed by atoms with E-state index in [-0.39, 0.29) is 11.3 Å². The van der Waals surface area contributed by atoms with Gasteiger partial charge >= 0.3 is 0 Å². The Hall–Kier alpha value is -3.23. The summed E-state index contributed by atoms with van der Waals surface area (Å²) >= 11 is 0. The summed E-state index contributed by atoms with van der Waals surface area (Å²) in [6.07, 6.45) is 3.26. The zero-order chi connectivity index (χ0) is 21.8. The van der Waals surface area contributed by atoms with Crippen molar-refractivity contribution >= 4 is 17.4 Å². The summed E-state index contributed by atoms with van der Waals surface area (Å²) in [7, 11) is 1.55. The van der Waals surface area contributed by atoms with Crippen LogP contribution in [0.1, 0.15) is 17.2 Å². The zero-order valence-corrected chi connectivity index (χ0v) is 17.4. The number of aliphatic hydroxyl groups excluding tert-OH is 1. The molecular weight excluding hydrogens is 398 g/mol. The van der Waals surface area contributed by atoms with E-state index in [1.54, 1.807) is 49.8 Å². The van der Waals surface area contributed by atoms with E-state index >= 15 is 0 Å². The Labute approximate surface area is 180 Å². The predicted molar refractivity (Wildman–Crippen MR) is 113 cm³/mol. The van der Waals surface area contributed by atoms with Gasteiger partial charge in [-0.1, -0.05) is 6.07 Å². The summed E-state index contributed by atoms with van der Waals surface area (Å²) in [5, 5.41) is 11.0. The molecule has 0 spiro atoms. The number of amides is 1. The summed E-state index contributed by atoms with van der Waals surface area (Å²) in [4.78, 5) is 33.8. The van der Waals surface area contributed by atoms with Crippen molar-refractivity contribution in [2.24, 2.45) is 0 Å². The van der Waals surface area contributed by atoms with Gasteiger partial charge in [-0.05, 0) is 35.9 Å². The van der Waals surface area contributed by atoms with Gasteiger partial charge < -0.3 is 19.5 Å². The molecule has 0 bridgehead atoms. The van der Waals surface area contributed by atoms with Crippen LogP contribution in [0.25, 0.3) is 5.76 Å². The molecule has 1 N–H and O–H groups in total. The predicted octanol–water partition coefficient (Wildman–Crippen LogP) is 1.84. The highest BCUT2D eigenvalue weighted by molar-refractivity contribution is 6.46. The minimum atomic E-state index is -0.697. The number of ketones is 1. The average molecular weight is 423 g/mol. The van der Waals surface area contributed by atoms with E-state index < -0.39 is 17.7 Å². The molecule has 3 heterocycles. The highest BCUT2D eigenvalue weighted by Gasteiger charge is 2.46. The van der Waals surface area contributed by atoms with Crippen molar-refractivity contribution in [3.63, 3.8) is 0 Å². The Morgan fingerprint density at radius 1 is 1.16 bits per heavy atom. The zero-order valence-electron chi connectivity index (χ0n) is 17.4. The van der Waals surface area contributed by atoms with Crippen molar-refractivity contribution in [3.05, 3.63) is 65.5 Å². The third-order valence-electron chi connectivity index (χ3n) is 5.66. The van der Waals surface area contributed by atoms with Crippen LogP contribution in [0.4, 0.5) is 0 Å². The van der Waals surface area contributed by atoms with Crippen molar-refractivity contribution < 1.29 is 24.2 Å². The van der Waals surface area contributed by atoms with E-state index in [1.165, 1.54) is 4.90 Å². The first-order chi connectivity index (χ1) is 15.1. The fraction of sp³-hybridized carbons (Fsp3) is 0.348. The molecule has 0 saturated carbocycles. The number of morpholine rings is 1. The molecule has 162 valence electrons. The molecular formula is C23H25N3O5. The van der Waals surface area contributed by atoms with E-state index in [9.17, 15) is 14.7 Å². The normalized spacial score (nSPS) is 21.5. The van der Waals surface area contributed by atoms with Crippen LogP contribution in [-0.2, 0) is 14.3 Å². The second kappa shape index (κ2) is 9.28. The molecule has 2 aliphatic heterocycles. The molecule has 0 radical (unpaired) electrons. The van der Waals surface area contributed by atoms with Gasteiger partial charge in [0.05, 0.1) is 31.9 Å². The molecule has 2 saturated heterocycles. The van der Waals surface area contributed by atoms with Gasteiger partial charge in [0.15, 0.2) is 0 Å². The number of carbonyl (C=O) groups is 2. The molecule has 1 aromatic carbocycles. The van der Waals surface area contributed by atoms with E-state index in [2.05, 4.69) is 9.88 Å². The summed E-state index contributed by atoms with van der Waals surface area (Å²) in [5.41, 5.74) is 1.20. The third kappa shape index (κ3) is 4.30. The quantitative estimate of drug-likeness (QED) is 0.431. The van der Waals surface area contributed by atoms with Crippen molar-refractivity contribution in [1.82, 2.24) is 14.8 Å². The van der Waals surface area contributed by atoms with Crippen LogP contribution in [0.15, 0.2) is 54.4 Å². The van der Waals surface area contributed by atoms with Crippen molar-refractivity contribution in [3.8, 4) is 5.75 Å². The number of aliphatic hydroxyl groups is 1. The summed E-state index contributed by atoms with van der Waals surface area (Å²) in [5.74, 6) is -0.878. The van der Waals surface area contributed by atoms with E-state index in [0.717, 1.165) is 13.1 Å².